The molecule has 0 saturated heterocycles. The summed E-state index contributed by atoms with van der Waals surface area (Å²) in [5.41, 5.74) is 0.702. The van der Waals surface area contributed by atoms with Crippen molar-refractivity contribution in [2.75, 3.05) is 33.1 Å². The zero-order chi connectivity index (χ0) is 14.8. The first kappa shape index (κ1) is 14.9. The Balaban J connectivity index is 2.17. The Morgan fingerprint density at radius 1 is 1.60 bits per heavy atom. The van der Waals surface area contributed by atoms with E-state index in [-0.39, 0.29) is 19.0 Å². The molecule has 0 radical (unpaired) electrons. The van der Waals surface area contributed by atoms with Crippen molar-refractivity contribution in [3.05, 3.63) is 18.2 Å². The van der Waals surface area contributed by atoms with E-state index in [1.165, 1.54) is 4.31 Å². The summed E-state index contributed by atoms with van der Waals surface area (Å²) in [6.07, 6.45) is 4.27. The molecule has 0 aromatic carbocycles. The minimum Gasteiger partial charge on any atom is -0.383 e. The molecule has 1 atom stereocenters. The van der Waals surface area contributed by atoms with Crippen LogP contribution in [0, 0.1) is 0 Å². The van der Waals surface area contributed by atoms with Gasteiger partial charge in [-0.25, -0.2) is 13.4 Å². The number of rotatable bonds is 5. The third kappa shape index (κ3) is 3.17. The van der Waals surface area contributed by atoms with Gasteiger partial charge in [-0.15, -0.1) is 0 Å². The normalized spacial score (nSPS) is 19.6. The Morgan fingerprint density at radius 3 is 3.00 bits per heavy atom. The molecule has 20 heavy (non-hydrogen) atoms. The molecule has 1 amide bonds. The third-order valence-corrected chi connectivity index (χ3v) is 4.39. The number of nitrogens with one attached hydrogen (secondary N) is 1. The highest BCUT2D eigenvalue weighted by Crippen LogP contribution is 2.22. The number of carbonyl (C=O) groups is 1. The van der Waals surface area contributed by atoms with E-state index in [2.05, 4.69) is 10.3 Å². The van der Waals surface area contributed by atoms with Crippen LogP contribution in [0.25, 0.3) is 0 Å². The van der Waals surface area contributed by atoms with Gasteiger partial charge in [-0.2, -0.15) is 4.31 Å². The van der Waals surface area contributed by atoms with Crippen LogP contribution in [0.4, 0.5) is 0 Å². The van der Waals surface area contributed by atoms with E-state index in [0.717, 1.165) is 6.26 Å². The fraction of sp³-hybridized carbons (Fsp3) is 0.636. The zero-order valence-electron chi connectivity index (χ0n) is 11.4. The first-order valence-corrected chi connectivity index (χ1v) is 8.01. The van der Waals surface area contributed by atoms with Crippen molar-refractivity contribution in [3.63, 3.8) is 0 Å². The van der Waals surface area contributed by atoms with E-state index in [9.17, 15) is 13.2 Å². The number of sulfonamides is 1. The summed E-state index contributed by atoms with van der Waals surface area (Å²) in [6, 6.07) is -0.604. The topological polar surface area (TPSA) is 93.5 Å². The lowest BCUT2D eigenvalue weighted by atomic mass is 10.2. The van der Waals surface area contributed by atoms with Crippen molar-refractivity contribution in [1.29, 1.82) is 0 Å². The molecule has 1 aliphatic heterocycles. The summed E-state index contributed by atoms with van der Waals surface area (Å²) >= 11 is 0. The lowest BCUT2D eigenvalue weighted by molar-refractivity contribution is -0.125. The van der Waals surface area contributed by atoms with Gasteiger partial charge in [0.25, 0.3) is 0 Å². The van der Waals surface area contributed by atoms with E-state index >= 15 is 0 Å². The predicted octanol–water partition coefficient (Wildman–Crippen LogP) is -1.04. The van der Waals surface area contributed by atoms with Crippen molar-refractivity contribution < 1.29 is 17.9 Å². The highest BCUT2D eigenvalue weighted by Gasteiger charge is 2.33. The second-order valence-electron chi connectivity index (χ2n) is 4.65. The Morgan fingerprint density at radius 2 is 2.35 bits per heavy atom. The summed E-state index contributed by atoms with van der Waals surface area (Å²) in [6.45, 7) is 1.14. The Kier molecular flexibility index (Phi) is 4.41. The number of imidazole rings is 1. The minimum atomic E-state index is -3.35. The number of hydrogen-bond acceptors (Lipinski definition) is 5. The SMILES string of the molecule is COCCNC(=O)C1CN(S(C)(=O)=O)Cc2cncn21. The van der Waals surface area contributed by atoms with Crippen LogP contribution in [0.1, 0.15) is 11.7 Å². The van der Waals surface area contributed by atoms with Gasteiger partial charge in [-0.05, 0) is 0 Å². The van der Waals surface area contributed by atoms with Crippen molar-refractivity contribution >= 4 is 15.9 Å². The standard InChI is InChI=1S/C11H18N4O4S/c1-19-4-3-13-11(16)10-7-14(20(2,17)18)6-9-5-12-8-15(9)10/h5,8,10H,3-4,6-7H2,1-2H3,(H,13,16). The van der Waals surface area contributed by atoms with Crippen LogP contribution in [0.3, 0.4) is 0 Å². The number of ether oxygens (including phenoxy) is 1. The van der Waals surface area contributed by atoms with Crippen LogP contribution in [-0.2, 0) is 26.1 Å². The van der Waals surface area contributed by atoms with Crippen molar-refractivity contribution in [1.82, 2.24) is 19.2 Å². The summed E-state index contributed by atoms with van der Waals surface area (Å²) in [4.78, 5) is 16.2. The quantitative estimate of drug-likeness (QED) is 0.701. The maximum Gasteiger partial charge on any atom is 0.244 e. The molecule has 0 aliphatic carbocycles. The van der Waals surface area contributed by atoms with Gasteiger partial charge >= 0.3 is 0 Å². The fourth-order valence-electron chi connectivity index (χ4n) is 2.12. The maximum atomic E-state index is 12.2. The third-order valence-electron chi connectivity index (χ3n) is 3.17. The molecule has 0 saturated carbocycles. The van der Waals surface area contributed by atoms with E-state index in [0.29, 0.717) is 18.8 Å². The van der Waals surface area contributed by atoms with Crippen LogP contribution < -0.4 is 5.32 Å². The van der Waals surface area contributed by atoms with Gasteiger partial charge in [0.15, 0.2) is 0 Å². The molecule has 0 fully saturated rings. The number of fused-ring (bicyclic) bond motifs is 1. The number of carbonyl (C=O) groups excluding carboxylic acids is 1. The molecule has 0 spiro atoms. The number of hydrogen-bond donors (Lipinski definition) is 1. The van der Waals surface area contributed by atoms with Crippen LogP contribution in [0.2, 0.25) is 0 Å². The van der Waals surface area contributed by atoms with Crippen LogP contribution >= 0.6 is 0 Å². The minimum absolute atomic E-state index is 0.112. The molecular weight excluding hydrogens is 284 g/mol. The van der Waals surface area contributed by atoms with E-state index in [1.54, 1.807) is 24.2 Å². The molecule has 8 nitrogen and oxygen atoms in total. The maximum absolute atomic E-state index is 12.2. The second-order valence-corrected chi connectivity index (χ2v) is 6.63. The van der Waals surface area contributed by atoms with Crippen LogP contribution in [0.15, 0.2) is 12.5 Å². The smallest absolute Gasteiger partial charge is 0.244 e. The average molecular weight is 302 g/mol. The second kappa shape index (κ2) is 5.90. The van der Waals surface area contributed by atoms with E-state index < -0.39 is 16.1 Å². The van der Waals surface area contributed by atoms with Crippen LogP contribution in [0.5, 0.6) is 0 Å². The van der Waals surface area contributed by atoms with Gasteiger partial charge in [0, 0.05) is 26.4 Å². The summed E-state index contributed by atoms with van der Waals surface area (Å²) in [5, 5.41) is 2.72. The van der Waals surface area contributed by atoms with Gasteiger partial charge in [-0.1, -0.05) is 0 Å². The van der Waals surface area contributed by atoms with Crippen molar-refractivity contribution in [2.24, 2.45) is 0 Å². The molecule has 0 bridgehead atoms. The summed E-state index contributed by atoms with van der Waals surface area (Å²) in [7, 11) is -1.80. The largest absolute Gasteiger partial charge is 0.383 e. The molecule has 2 heterocycles. The van der Waals surface area contributed by atoms with E-state index in [1.807, 2.05) is 0 Å². The first-order valence-electron chi connectivity index (χ1n) is 6.16. The zero-order valence-corrected chi connectivity index (χ0v) is 12.3. The van der Waals surface area contributed by atoms with E-state index in [4.69, 9.17) is 4.74 Å². The number of aromatic nitrogens is 2. The molecule has 2 rings (SSSR count). The molecule has 9 heteroatoms. The molecule has 1 unspecified atom stereocenters. The highest BCUT2D eigenvalue weighted by molar-refractivity contribution is 7.88. The lowest BCUT2D eigenvalue weighted by Crippen LogP contribution is -2.46. The van der Waals surface area contributed by atoms with Gasteiger partial charge < -0.3 is 14.6 Å². The summed E-state index contributed by atoms with van der Waals surface area (Å²) in [5.74, 6) is -0.241. The number of amides is 1. The molecule has 112 valence electrons. The molecule has 1 aromatic rings. The van der Waals surface area contributed by atoms with Gasteiger partial charge in [0.05, 0.1) is 31.4 Å². The summed E-state index contributed by atoms with van der Waals surface area (Å²) < 4.78 is 31.2. The molecule has 1 N–H and O–H groups in total. The number of nitrogens with zero attached hydrogens (tertiary/aromatic N) is 3. The fourth-order valence-corrected chi connectivity index (χ4v) is 2.90. The van der Waals surface area contributed by atoms with Gasteiger partial charge in [-0.3, -0.25) is 4.79 Å². The number of methoxy groups -OCH3 is 1. The van der Waals surface area contributed by atoms with Crippen LogP contribution in [-0.4, -0.2) is 61.2 Å². The Bertz CT molecular complexity index is 583. The highest BCUT2D eigenvalue weighted by atomic mass is 32.2. The monoisotopic (exact) mass is 302 g/mol. The van der Waals surface area contributed by atoms with Crippen molar-refractivity contribution in [3.8, 4) is 0 Å². The van der Waals surface area contributed by atoms with Crippen molar-refractivity contribution in [2.45, 2.75) is 12.6 Å². The van der Waals surface area contributed by atoms with Gasteiger partial charge in [0.2, 0.25) is 15.9 Å². The Labute approximate surface area is 117 Å². The van der Waals surface area contributed by atoms with Gasteiger partial charge in [0.1, 0.15) is 6.04 Å². The molecule has 1 aromatic heterocycles. The molecular formula is C11H18N4O4S. The average Bonchev–Trinajstić information content (AvgIpc) is 2.84. The Hall–Kier alpha value is -1.45. The molecule has 1 aliphatic rings. The first-order chi connectivity index (χ1) is 9.43. The predicted molar refractivity (Wildman–Crippen MR) is 71.4 cm³/mol. The lowest BCUT2D eigenvalue weighted by Gasteiger charge is -2.32.